The number of anilines is 1. The van der Waals surface area contributed by atoms with Gasteiger partial charge in [-0.2, -0.15) is 5.10 Å². The van der Waals surface area contributed by atoms with Crippen LogP contribution >= 0.6 is 22.9 Å². The highest BCUT2D eigenvalue weighted by Crippen LogP contribution is 2.47. The van der Waals surface area contributed by atoms with Crippen molar-refractivity contribution in [1.29, 1.82) is 0 Å². The van der Waals surface area contributed by atoms with Gasteiger partial charge in [-0.05, 0) is 54.7 Å². The fourth-order valence-corrected chi connectivity index (χ4v) is 4.20. The van der Waals surface area contributed by atoms with Crippen molar-refractivity contribution in [2.45, 2.75) is 19.3 Å². The topological polar surface area (TPSA) is 70.6 Å². The lowest BCUT2D eigenvalue weighted by atomic mass is 10.1. The number of halogens is 1. The van der Waals surface area contributed by atoms with E-state index in [4.69, 9.17) is 11.6 Å². The summed E-state index contributed by atoms with van der Waals surface area (Å²) < 4.78 is 0.575. The number of hydrazone groups is 1. The average Bonchev–Trinajstić information content (AvgIpc) is 3.46. The number of thiophene rings is 1. The molecule has 3 aromatic rings. The van der Waals surface area contributed by atoms with E-state index in [2.05, 4.69) is 28.0 Å². The van der Waals surface area contributed by atoms with Crippen LogP contribution in [0, 0.1) is 5.92 Å². The molecule has 2 atom stereocenters. The van der Waals surface area contributed by atoms with Crippen LogP contribution in [-0.4, -0.2) is 17.5 Å². The molecule has 152 valence electrons. The van der Waals surface area contributed by atoms with Gasteiger partial charge in [0, 0.05) is 11.6 Å². The number of rotatable bonds is 6. The largest absolute Gasteiger partial charge is 0.321 e. The van der Waals surface area contributed by atoms with Crippen LogP contribution in [0.4, 0.5) is 5.69 Å². The summed E-state index contributed by atoms with van der Waals surface area (Å²) >= 11 is 7.11. The van der Waals surface area contributed by atoms with Gasteiger partial charge in [0.1, 0.15) is 0 Å². The highest BCUT2D eigenvalue weighted by atomic mass is 35.5. The van der Waals surface area contributed by atoms with Crippen molar-refractivity contribution < 1.29 is 9.59 Å². The van der Waals surface area contributed by atoms with Gasteiger partial charge in [0.15, 0.2) is 0 Å². The summed E-state index contributed by atoms with van der Waals surface area (Å²) in [6, 6.07) is 20.8. The first-order chi connectivity index (χ1) is 14.5. The fraction of sp³-hybridized carbons (Fsp3) is 0.174. The van der Waals surface area contributed by atoms with E-state index in [-0.39, 0.29) is 23.7 Å². The second kappa shape index (κ2) is 8.81. The summed E-state index contributed by atoms with van der Waals surface area (Å²) in [5.74, 6) is 0.00604. The van der Waals surface area contributed by atoms with Gasteiger partial charge < -0.3 is 5.32 Å². The maximum Gasteiger partial charge on any atom is 0.265 e. The molecule has 1 aliphatic carbocycles. The zero-order valence-electron chi connectivity index (χ0n) is 16.3. The van der Waals surface area contributed by atoms with Crippen LogP contribution in [0.15, 0.2) is 71.8 Å². The molecule has 2 amide bonds. The second-order valence-electron chi connectivity index (χ2n) is 7.17. The molecule has 1 saturated carbocycles. The van der Waals surface area contributed by atoms with Crippen LogP contribution in [0.1, 0.15) is 40.1 Å². The Morgan fingerprint density at radius 1 is 1.03 bits per heavy atom. The summed E-state index contributed by atoms with van der Waals surface area (Å²) in [6.07, 6.45) is 0.855. The Balaban J connectivity index is 1.32. The molecule has 2 aromatic carbocycles. The first kappa shape index (κ1) is 20.3. The molecule has 0 saturated heterocycles. The molecule has 0 bridgehead atoms. The minimum Gasteiger partial charge on any atom is -0.321 e. The van der Waals surface area contributed by atoms with E-state index in [9.17, 15) is 9.59 Å². The van der Waals surface area contributed by atoms with E-state index in [1.807, 2.05) is 37.3 Å². The number of nitrogens with zero attached hydrogens (tertiary/aromatic N) is 1. The van der Waals surface area contributed by atoms with E-state index >= 15 is 0 Å². The Labute approximate surface area is 183 Å². The third kappa shape index (κ3) is 4.78. The van der Waals surface area contributed by atoms with Gasteiger partial charge in [0.05, 0.1) is 14.9 Å². The van der Waals surface area contributed by atoms with Crippen molar-refractivity contribution in [3.63, 3.8) is 0 Å². The molecule has 1 aliphatic rings. The molecule has 0 unspecified atom stereocenters. The number of carbonyl (C=O) groups is 2. The van der Waals surface area contributed by atoms with Crippen molar-refractivity contribution in [1.82, 2.24) is 5.43 Å². The van der Waals surface area contributed by atoms with Gasteiger partial charge in [-0.1, -0.05) is 54.1 Å². The van der Waals surface area contributed by atoms with E-state index < -0.39 is 0 Å². The monoisotopic (exact) mass is 437 g/mol. The lowest BCUT2D eigenvalue weighted by Crippen LogP contribution is -2.21. The van der Waals surface area contributed by atoms with Crippen molar-refractivity contribution in [2.75, 3.05) is 5.32 Å². The SMILES string of the molecule is CC(=NNC(=O)[C@H]1C[C@H]1c1ccccc1)c1ccc(NC(=O)c2ccc(Cl)s2)cc1. The molecule has 0 spiro atoms. The standard InChI is InChI=1S/C23H20ClN3O2S/c1-14(26-27-22(28)19-13-18(19)16-5-3-2-4-6-16)15-7-9-17(10-8-15)25-23(29)20-11-12-21(24)30-20/h2-12,18-19H,13H2,1H3,(H,25,29)(H,27,28)/t18-,19-/m0/s1. The lowest BCUT2D eigenvalue weighted by Gasteiger charge is -2.06. The molecule has 1 fully saturated rings. The molecule has 1 aromatic heterocycles. The maximum absolute atomic E-state index is 12.4. The van der Waals surface area contributed by atoms with Crippen LogP contribution in [-0.2, 0) is 4.79 Å². The first-order valence-corrected chi connectivity index (χ1v) is 10.8. The summed E-state index contributed by atoms with van der Waals surface area (Å²) in [7, 11) is 0. The van der Waals surface area contributed by atoms with Crippen LogP contribution in [0.5, 0.6) is 0 Å². The van der Waals surface area contributed by atoms with E-state index in [1.165, 1.54) is 16.9 Å². The number of benzene rings is 2. The first-order valence-electron chi connectivity index (χ1n) is 9.57. The third-order valence-corrected chi connectivity index (χ3v) is 6.28. The Kier molecular flexibility index (Phi) is 5.97. The zero-order valence-corrected chi connectivity index (χ0v) is 17.8. The van der Waals surface area contributed by atoms with Crippen LogP contribution in [0.25, 0.3) is 0 Å². The van der Waals surface area contributed by atoms with Gasteiger partial charge in [0.2, 0.25) is 5.91 Å². The fourth-order valence-electron chi connectivity index (χ4n) is 3.26. The molecule has 4 rings (SSSR count). The van der Waals surface area contributed by atoms with Crippen molar-refractivity contribution in [2.24, 2.45) is 11.0 Å². The highest BCUT2D eigenvalue weighted by molar-refractivity contribution is 7.18. The number of nitrogens with one attached hydrogen (secondary N) is 2. The van der Waals surface area contributed by atoms with E-state index in [1.54, 1.807) is 24.3 Å². The second-order valence-corrected chi connectivity index (χ2v) is 8.88. The molecule has 1 heterocycles. The minimum atomic E-state index is -0.199. The number of amides is 2. The lowest BCUT2D eigenvalue weighted by molar-refractivity contribution is -0.122. The average molecular weight is 438 g/mol. The smallest absolute Gasteiger partial charge is 0.265 e. The Hall–Kier alpha value is -2.96. The summed E-state index contributed by atoms with van der Waals surface area (Å²) in [6.45, 7) is 1.84. The maximum atomic E-state index is 12.4. The zero-order chi connectivity index (χ0) is 21.1. The van der Waals surface area contributed by atoms with Crippen molar-refractivity contribution >= 4 is 46.2 Å². The molecular formula is C23H20ClN3O2S. The van der Waals surface area contributed by atoms with Gasteiger partial charge in [-0.15, -0.1) is 11.3 Å². The summed E-state index contributed by atoms with van der Waals surface area (Å²) in [4.78, 5) is 25.1. The molecule has 30 heavy (non-hydrogen) atoms. The molecule has 7 heteroatoms. The molecule has 2 N–H and O–H groups in total. The van der Waals surface area contributed by atoms with E-state index in [0.29, 0.717) is 20.6 Å². The van der Waals surface area contributed by atoms with Crippen LogP contribution in [0.2, 0.25) is 4.34 Å². The highest BCUT2D eigenvalue weighted by Gasteiger charge is 2.43. The van der Waals surface area contributed by atoms with Gasteiger partial charge in [-0.25, -0.2) is 5.43 Å². The summed E-state index contributed by atoms with van der Waals surface area (Å²) in [5, 5.41) is 7.08. The third-order valence-electron chi connectivity index (χ3n) is 5.05. The molecular weight excluding hydrogens is 418 g/mol. The molecule has 5 nitrogen and oxygen atoms in total. The van der Waals surface area contributed by atoms with Gasteiger partial charge in [0.25, 0.3) is 5.91 Å². The molecule has 0 radical (unpaired) electrons. The normalized spacial score (nSPS) is 18.0. The Morgan fingerprint density at radius 3 is 2.43 bits per heavy atom. The summed E-state index contributed by atoms with van der Waals surface area (Å²) in [5.41, 5.74) is 6.11. The quantitative estimate of drug-likeness (QED) is 0.406. The van der Waals surface area contributed by atoms with Crippen molar-refractivity contribution in [3.8, 4) is 0 Å². The number of hydrogen-bond acceptors (Lipinski definition) is 4. The molecule has 0 aliphatic heterocycles. The predicted molar refractivity (Wildman–Crippen MR) is 121 cm³/mol. The van der Waals surface area contributed by atoms with Crippen molar-refractivity contribution in [3.05, 3.63) is 87.1 Å². The Bertz CT molecular complexity index is 1090. The Morgan fingerprint density at radius 2 is 1.77 bits per heavy atom. The van der Waals surface area contributed by atoms with Gasteiger partial charge in [-0.3, -0.25) is 9.59 Å². The van der Waals surface area contributed by atoms with Crippen LogP contribution < -0.4 is 10.7 Å². The van der Waals surface area contributed by atoms with Gasteiger partial charge >= 0.3 is 0 Å². The van der Waals surface area contributed by atoms with E-state index in [0.717, 1.165) is 12.0 Å². The predicted octanol–water partition coefficient (Wildman–Crippen LogP) is 5.30. The number of hydrogen-bond donors (Lipinski definition) is 2. The minimum absolute atomic E-state index is 0.0210. The van der Waals surface area contributed by atoms with Crippen LogP contribution in [0.3, 0.4) is 0 Å². The number of carbonyl (C=O) groups excluding carboxylic acids is 2.